The Hall–Kier alpha value is -1.46. The molecule has 0 saturated carbocycles. The first-order chi connectivity index (χ1) is 9.06. The van der Waals surface area contributed by atoms with Gasteiger partial charge in [0.05, 0.1) is 0 Å². The van der Waals surface area contributed by atoms with Gasteiger partial charge < -0.3 is 10.5 Å². The fraction of sp³-hybridized carbons (Fsp3) is 0.0714. The maximum atomic E-state index is 13.7. The molecule has 19 heavy (non-hydrogen) atoms. The molecule has 0 atom stereocenters. The van der Waals surface area contributed by atoms with Crippen LogP contribution >= 0.6 is 28.1 Å². The van der Waals surface area contributed by atoms with E-state index in [1.54, 1.807) is 6.07 Å². The maximum Gasteiger partial charge on any atom is 0.165 e. The Morgan fingerprint density at radius 2 is 2.05 bits per heavy atom. The van der Waals surface area contributed by atoms with Gasteiger partial charge in [0.15, 0.2) is 11.6 Å². The van der Waals surface area contributed by atoms with Gasteiger partial charge in [0.25, 0.3) is 0 Å². The summed E-state index contributed by atoms with van der Waals surface area (Å²) in [4.78, 5) is 0.164. The van der Waals surface area contributed by atoms with E-state index < -0.39 is 5.82 Å². The minimum absolute atomic E-state index is 0.164. The molecule has 0 spiro atoms. The molecule has 2 aromatic carbocycles. The third-order valence-corrected chi connectivity index (χ3v) is 3.23. The molecule has 2 rings (SSSR count). The molecule has 0 radical (unpaired) electrons. The smallest absolute Gasteiger partial charge is 0.165 e. The average molecular weight is 340 g/mol. The first kappa shape index (κ1) is 14.0. The Labute approximate surface area is 124 Å². The molecule has 0 aliphatic rings. The van der Waals surface area contributed by atoms with Crippen LogP contribution in [0.2, 0.25) is 0 Å². The standard InChI is InChI=1S/C14H11BrFNOS/c15-11-3-1-2-9(6-11)8-18-13-5-4-10(14(17)19)7-12(13)16/h1-7H,8H2,(H2,17,19). The monoisotopic (exact) mass is 339 g/mol. The van der Waals surface area contributed by atoms with Gasteiger partial charge in [0, 0.05) is 10.0 Å². The van der Waals surface area contributed by atoms with Crippen molar-refractivity contribution in [2.75, 3.05) is 0 Å². The highest BCUT2D eigenvalue weighted by Crippen LogP contribution is 2.20. The van der Waals surface area contributed by atoms with Crippen LogP contribution in [0.4, 0.5) is 4.39 Å². The van der Waals surface area contributed by atoms with Crippen molar-refractivity contribution in [1.29, 1.82) is 0 Å². The van der Waals surface area contributed by atoms with Crippen LogP contribution in [0, 0.1) is 5.82 Å². The fourth-order valence-corrected chi connectivity index (χ4v) is 2.13. The zero-order chi connectivity index (χ0) is 13.8. The Morgan fingerprint density at radius 3 is 2.68 bits per heavy atom. The van der Waals surface area contributed by atoms with Crippen LogP contribution in [-0.4, -0.2) is 4.99 Å². The van der Waals surface area contributed by atoms with E-state index in [4.69, 9.17) is 22.7 Å². The van der Waals surface area contributed by atoms with Crippen molar-refractivity contribution in [3.8, 4) is 5.75 Å². The summed E-state index contributed by atoms with van der Waals surface area (Å²) in [6, 6.07) is 12.1. The van der Waals surface area contributed by atoms with E-state index >= 15 is 0 Å². The Balaban J connectivity index is 2.10. The number of halogens is 2. The van der Waals surface area contributed by atoms with Crippen molar-refractivity contribution in [2.24, 2.45) is 5.73 Å². The van der Waals surface area contributed by atoms with Crippen molar-refractivity contribution >= 4 is 33.1 Å². The number of hydrogen-bond acceptors (Lipinski definition) is 2. The van der Waals surface area contributed by atoms with E-state index in [2.05, 4.69) is 15.9 Å². The molecule has 98 valence electrons. The Bertz CT molecular complexity index is 618. The first-order valence-electron chi connectivity index (χ1n) is 5.53. The largest absolute Gasteiger partial charge is 0.486 e. The molecule has 0 saturated heterocycles. The van der Waals surface area contributed by atoms with Crippen LogP contribution in [0.3, 0.4) is 0 Å². The molecular weight excluding hydrogens is 329 g/mol. The zero-order valence-electron chi connectivity index (χ0n) is 9.90. The predicted molar refractivity (Wildman–Crippen MR) is 80.8 cm³/mol. The molecule has 0 aliphatic carbocycles. The van der Waals surface area contributed by atoms with E-state index in [-0.39, 0.29) is 10.7 Å². The number of ether oxygens (including phenoxy) is 1. The molecule has 2 N–H and O–H groups in total. The summed E-state index contributed by atoms with van der Waals surface area (Å²) in [5, 5.41) is 0. The molecule has 0 amide bonds. The van der Waals surface area contributed by atoms with E-state index in [0.717, 1.165) is 10.0 Å². The van der Waals surface area contributed by atoms with Gasteiger partial charge in [-0.15, -0.1) is 0 Å². The van der Waals surface area contributed by atoms with E-state index in [9.17, 15) is 4.39 Å². The van der Waals surface area contributed by atoms with E-state index in [0.29, 0.717) is 12.2 Å². The van der Waals surface area contributed by atoms with Gasteiger partial charge in [-0.05, 0) is 35.9 Å². The van der Waals surface area contributed by atoms with Crippen molar-refractivity contribution < 1.29 is 9.13 Å². The summed E-state index contributed by atoms with van der Waals surface area (Å²) in [6.45, 7) is 0.294. The van der Waals surface area contributed by atoms with Gasteiger partial charge in [0.1, 0.15) is 11.6 Å². The van der Waals surface area contributed by atoms with Gasteiger partial charge in [-0.25, -0.2) is 4.39 Å². The third kappa shape index (κ3) is 3.75. The maximum absolute atomic E-state index is 13.7. The lowest BCUT2D eigenvalue weighted by molar-refractivity contribution is 0.290. The molecule has 2 aromatic rings. The molecule has 0 unspecified atom stereocenters. The minimum Gasteiger partial charge on any atom is -0.486 e. The van der Waals surface area contributed by atoms with Crippen LogP contribution in [-0.2, 0) is 6.61 Å². The minimum atomic E-state index is -0.472. The van der Waals surface area contributed by atoms with Crippen LogP contribution in [0.25, 0.3) is 0 Å². The lowest BCUT2D eigenvalue weighted by Crippen LogP contribution is -2.09. The SMILES string of the molecule is NC(=S)c1ccc(OCc2cccc(Br)c2)c(F)c1. The second-order valence-electron chi connectivity index (χ2n) is 3.93. The summed E-state index contributed by atoms with van der Waals surface area (Å²) in [5.74, 6) is -0.291. The van der Waals surface area contributed by atoms with Gasteiger partial charge in [-0.1, -0.05) is 40.3 Å². The highest BCUT2D eigenvalue weighted by molar-refractivity contribution is 9.10. The van der Waals surface area contributed by atoms with Crippen LogP contribution in [0.15, 0.2) is 46.9 Å². The molecule has 0 fully saturated rings. The summed E-state index contributed by atoms with van der Waals surface area (Å²) in [5.41, 5.74) is 6.87. The second kappa shape index (κ2) is 6.12. The third-order valence-electron chi connectivity index (χ3n) is 2.50. The molecule has 2 nitrogen and oxygen atoms in total. The number of nitrogens with two attached hydrogens (primary N) is 1. The fourth-order valence-electron chi connectivity index (χ4n) is 1.56. The molecule has 0 aromatic heterocycles. The van der Waals surface area contributed by atoms with E-state index in [1.165, 1.54) is 12.1 Å². The van der Waals surface area contributed by atoms with Crippen LogP contribution < -0.4 is 10.5 Å². The second-order valence-corrected chi connectivity index (χ2v) is 5.28. The van der Waals surface area contributed by atoms with Gasteiger partial charge in [0.2, 0.25) is 0 Å². The van der Waals surface area contributed by atoms with Crippen molar-refractivity contribution in [1.82, 2.24) is 0 Å². The molecular formula is C14H11BrFNOS. The normalized spacial score (nSPS) is 10.2. The zero-order valence-corrected chi connectivity index (χ0v) is 12.3. The van der Waals surface area contributed by atoms with Gasteiger partial charge in [-0.3, -0.25) is 0 Å². The summed E-state index contributed by atoms with van der Waals surface area (Å²) < 4.78 is 20.1. The van der Waals surface area contributed by atoms with Crippen LogP contribution in [0.1, 0.15) is 11.1 Å². The van der Waals surface area contributed by atoms with Gasteiger partial charge >= 0.3 is 0 Å². The number of rotatable bonds is 4. The van der Waals surface area contributed by atoms with E-state index in [1.807, 2.05) is 24.3 Å². The average Bonchev–Trinajstić information content (AvgIpc) is 2.37. The highest BCUT2D eigenvalue weighted by atomic mass is 79.9. The van der Waals surface area contributed by atoms with Crippen molar-refractivity contribution in [3.63, 3.8) is 0 Å². The number of benzene rings is 2. The highest BCUT2D eigenvalue weighted by Gasteiger charge is 2.06. The Kier molecular flexibility index (Phi) is 4.50. The van der Waals surface area contributed by atoms with Gasteiger partial charge in [-0.2, -0.15) is 0 Å². The molecule has 0 bridgehead atoms. The van der Waals surface area contributed by atoms with Crippen molar-refractivity contribution in [3.05, 3.63) is 63.9 Å². The summed E-state index contributed by atoms with van der Waals surface area (Å²) >= 11 is 8.16. The molecule has 0 heterocycles. The quantitative estimate of drug-likeness (QED) is 0.860. The first-order valence-corrected chi connectivity index (χ1v) is 6.73. The lowest BCUT2D eigenvalue weighted by atomic mass is 10.2. The molecule has 5 heteroatoms. The predicted octanol–water partition coefficient (Wildman–Crippen LogP) is 3.80. The summed E-state index contributed by atoms with van der Waals surface area (Å²) in [7, 11) is 0. The Morgan fingerprint density at radius 1 is 1.26 bits per heavy atom. The molecule has 0 aliphatic heterocycles. The topological polar surface area (TPSA) is 35.2 Å². The number of thiocarbonyl (C=S) groups is 1. The number of hydrogen-bond donors (Lipinski definition) is 1. The van der Waals surface area contributed by atoms with Crippen molar-refractivity contribution in [2.45, 2.75) is 6.61 Å². The summed E-state index contributed by atoms with van der Waals surface area (Å²) in [6.07, 6.45) is 0. The van der Waals surface area contributed by atoms with Crippen LogP contribution in [0.5, 0.6) is 5.75 Å². The lowest BCUT2D eigenvalue weighted by Gasteiger charge is -2.08.